The van der Waals surface area contributed by atoms with E-state index in [1.165, 1.54) is 4.88 Å². The van der Waals surface area contributed by atoms with Gasteiger partial charge >= 0.3 is 0 Å². The Hall–Kier alpha value is -0.880. The third-order valence-electron chi connectivity index (χ3n) is 2.84. The summed E-state index contributed by atoms with van der Waals surface area (Å²) in [6.45, 7) is 0.634. The summed E-state index contributed by atoms with van der Waals surface area (Å²) in [5.41, 5.74) is 0.885. The molecule has 1 aromatic heterocycles. The number of hydrogen-bond donors (Lipinski definition) is 0. The Morgan fingerprint density at radius 2 is 2.00 bits per heavy atom. The first-order valence-corrected chi connectivity index (χ1v) is 7.92. The third kappa shape index (κ3) is 4.06. The van der Waals surface area contributed by atoms with Gasteiger partial charge in [-0.3, -0.25) is 0 Å². The minimum atomic E-state index is -0.427. The molecule has 0 saturated heterocycles. The monoisotopic (exact) mass is 356 g/mol. The van der Waals surface area contributed by atoms with Crippen molar-refractivity contribution in [1.29, 1.82) is 0 Å². The summed E-state index contributed by atoms with van der Waals surface area (Å²) in [6, 6.07) is 10.0. The highest BCUT2D eigenvalue weighted by molar-refractivity contribution is 9.10. The first-order valence-electron chi connectivity index (χ1n) is 6.25. The second-order valence-corrected chi connectivity index (χ2v) is 6.11. The van der Waals surface area contributed by atoms with Gasteiger partial charge in [-0.25, -0.2) is 0 Å². The molecule has 2 rings (SSSR count). The van der Waals surface area contributed by atoms with E-state index in [1.807, 2.05) is 18.2 Å². The van der Waals surface area contributed by atoms with Gasteiger partial charge in [0.2, 0.25) is 0 Å². The zero-order chi connectivity index (χ0) is 14.4. The van der Waals surface area contributed by atoms with Gasteiger partial charge in [-0.2, -0.15) is 0 Å². The van der Waals surface area contributed by atoms with Gasteiger partial charge in [-0.05, 0) is 29.6 Å². The molecule has 1 heterocycles. The van der Waals surface area contributed by atoms with Crippen molar-refractivity contribution >= 4 is 27.3 Å². The van der Waals surface area contributed by atoms with Crippen LogP contribution in [-0.2, 0) is 15.9 Å². The van der Waals surface area contributed by atoms with Gasteiger partial charge in [0.15, 0.2) is 6.29 Å². The molecular formula is C15H17BrO3S. The van der Waals surface area contributed by atoms with Crippen molar-refractivity contribution in [1.82, 2.24) is 0 Å². The molecule has 0 aliphatic heterocycles. The number of methoxy groups -OCH3 is 2. The standard InChI is InChI=1S/C15H17BrO3S/c1-17-15(18-2)13-10-11(16)5-6-14(13)19-8-7-12-4-3-9-20-12/h3-6,9-10,15H,7-8H2,1-2H3. The normalized spacial score (nSPS) is 11.0. The Labute approximate surface area is 131 Å². The molecule has 0 N–H and O–H groups in total. The number of benzene rings is 1. The van der Waals surface area contributed by atoms with Crippen LogP contribution in [0, 0.1) is 0 Å². The minimum absolute atomic E-state index is 0.427. The van der Waals surface area contributed by atoms with Crippen molar-refractivity contribution < 1.29 is 14.2 Å². The molecule has 0 unspecified atom stereocenters. The van der Waals surface area contributed by atoms with E-state index in [1.54, 1.807) is 25.6 Å². The van der Waals surface area contributed by atoms with E-state index >= 15 is 0 Å². The van der Waals surface area contributed by atoms with Crippen molar-refractivity contribution in [2.45, 2.75) is 12.7 Å². The first-order chi connectivity index (χ1) is 9.74. The average molecular weight is 357 g/mol. The van der Waals surface area contributed by atoms with Gasteiger partial charge in [-0.1, -0.05) is 22.0 Å². The molecule has 2 aromatic rings. The van der Waals surface area contributed by atoms with Crippen molar-refractivity contribution in [3.05, 3.63) is 50.6 Å². The van der Waals surface area contributed by atoms with Crippen LogP contribution >= 0.6 is 27.3 Å². The van der Waals surface area contributed by atoms with Gasteiger partial charge in [0.25, 0.3) is 0 Å². The molecule has 0 spiro atoms. The zero-order valence-electron chi connectivity index (χ0n) is 11.5. The van der Waals surface area contributed by atoms with Gasteiger partial charge < -0.3 is 14.2 Å². The fourth-order valence-corrected chi connectivity index (χ4v) is 2.97. The highest BCUT2D eigenvalue weighted by Gasteiger charge is 2.15. The maximum Gasteiger partial charge on any atom is 0.186 e. The quantitative estimate of drug-likeness (QED) is 0.687. The fourth-order valence-electron chi connectivity index (χ4n) is 1.90. The predicted molar refractivity (Wildman–Crippen MR) is 84.4 cm³/mol. The molecule has 0 radical (unpaired) electrons. The van der Waals surface area contributed by atoms with E-state index in [4.69, 9.17) is 14.2 Å². The first kappa shape index (κ1) is 15.5. The van der Waals surface area contributed by atoms with Crippen LogP contribution in [0.4, 0.5) is 0 Å². The third-order valence-corrected chi connectivity index (χ3v) is 4.27. The van der Waals surface area contributed by atoms with E-state index in [-0.39, 0.29) is 0 Å². The summed E-state index contributed by atoms with van der Waals surface area (Å²) in [7, 11) is 3.23. The molecule has 108 valence electrons. The van der Waals surface area contributed by atoms with Gasteiger partial charge in [0, 0.05) is 30.0 Å². The largest absolute Gasteiger partial charge is 0.493 e. The van der Waals surface area contributed by atoms with Crippen LogP contribution < -0.4 is 4.74 Å². The van der Waals surface area contributed by atoms with Crippen LogP contribution in [-0.4, -0.2) is 20.8 Å². The molecule has 20 heavy (non-hydrogen) atoms. The highest BCUT2D eigenvalue weighted by Crippen LogP contribution is 2.31. The lowest BCUT2D eigenvalue weighted by Gasteiger charge is -2.18. The lowest BCUT2D eigenvalue weighted by atomic mass is 10.2. The molecule has 0 saturated carbocycles. The van der Waals surface area contributed by atoms with Crippen LogP contribution in [0.1, 0.15) is 16.7 Å². The Morgan fingerprint density at radius 1 is 1.20 bits per heavy atom. The van der Waals surface area contributed by atoms with Crippen LogP contribution in [0.2, 0.25) is 0 Å². The molecule has 0 aliphatic rings. The lowest BCUT2D eigenvalue weighted by Crippen LogP contribution is -2.08. The van der Waals surface area contributed by atoms with Crippen molar-refractivity contribution in [3.8, 4) is 5.75 Å². The Morgan fingerprint density at radius 3 is 2.65 bits per heavy atom. The molecule has 0 aliphatic carbocycles. The zero-order valence-corrected chi connectivity index (χ0v) is 13.9. The molecule has 0 atom stereocenters. The Kier molecular flexibility index (Phi) is 6.04. The second kappa shape index (κ2) is 7.78. The average Bonchev–Trinajstić information content (AvgIpc) is 2.96. The summed E-state index contributed by atoms with van der Waals surface area (Å²) < 4.78 is 17.5. The molecule has 5 heteroatoms. The van der Waals surface area contributed by atoms with Gasteiger partial charge in [-0.15, -0.1) is 11.3 Å². The lowest BCUT2D eigenvalue weighted by molar-refractivity contribution is -0.107. The van der Waals surface area contributed by atoms with Crippen LogP contribution in [0.5, 0.6) is 5.75 Å². The SMILES string of the molecule is COC(OC)c1cc(Br)ccc1OCCc1cccs1. The Balaban J connectivity index is 2.06. The van der Waals surface area contributed by atoms with Crippen LogP contribution in [0.25, 0.3) is 0 Å². The summed E-state index contributed by atoms with van der Waals surface area (Å²) in [5, 5.41) is 2.08. The number of thiophene rings is 1. The molecular weight excluding hydrogens is 340 g/mol. The van der Waals surface area contributed by atoms with Crippen molar-refractivity contribution in [3.63, 3.8) is 0 Å². The van der Waals surface area contributed by atoms with E-state index in [9.17, 15) is 0 Å². The topological polar surface area (TPSA) is 27.7 Å². The molecule has 0 amide bonds. The Bertz CT molecular complexity index is 524. The van der Waals surface area contributed by atoms with E-state index in [2.05, 4.69) is 33.4 Å². The predicted octanol–water partition coefficient (Wildman–Crippen LogP) is 4.42. The number of ether oxygens (including phenoxy) is 3. The fraction of sp³-hybridized carbons (Fsp3) is 0.333. The maximum atomic E-state index is 5.88. The van der Waals surface area contributed by atoms with E-state index in [0.29, 0.717) is 6.61 Å². The number of hydrogen-bond acceptors (Lipinski definition) is 4. The minimum Gasteiger partial charge on any atom is -0.493 e. The summed E-state index contributed by atoms with van der Waals surface area (Å²) >= 11 is 5.20. The summed E-state index contributed by atoms with van der Waals surface area (Å²) in [4.78, 5) is 1.32. The highest BCUT2D eigenvalue weighted by atomic mass is 79.9. The van der Waals surface area contributed by atoms with E-state index < -0.39 is 6.29 Å². The maximum absolute atomic E-state index is 5.88. The summed E-state index contributed by atoms with van der Waals surface area (Å²) in [5.74, 6) is 0.790. The molecule has 0 bridgehead atoms. The molecule has 0 fully saturated rings. The second-order valence-electron chi connectivity index (χ2n) is 4.16. The number of rotatable bonds is 7. The van der Waals surface area contributed by atoms with Crippen LogP contribution in [0.15, 0.2) is 40.2 Å². The van der Waals surface area contributed by atoms with Crippen molar-refractivity contribution in [2.24, 2.45) is 0 Å². The van der Waals surface area contributed by atoms with Gasteiger partial charge in [0.05, 0.1) is 12.2 Å². The smallest absolute Gasteiger partial charge is 0.186 e. The molecule has 3 nitrogen and oxygen atoms in total. The van der Waals surface area contributed by atoms with Crippen molar-refractivity contribution in [2.75, 3.05) is 20.8 Å². The van der Waals surface area contributed by atoms with E-state index in [0.717, 1.165) is 22.2 Å². The molecule has 1 aromatic carbocycles. The number of halogens is 1. The van der Waals surface area contributed by atoms with Gasteiger partial charge in [0.1, 0.15) is 5.75 Å². The van der Waals surface area contributed by atoms with Crippen LogP contribution in [0.3, 0.4) is 0 Å². The summed E-state index contributed by atoms with van der Waals surface area (Å²) in [6.07, 6.45) is 0.474.